The quantitative estimate of drug-likeness (QED) is 0.690. The first-order valence-electron chi connectivity index (χ1n) is 7.00. The van der Waals surface area contributed by atoms with Crippen LogP contribution in [0.4, 0.5) is 4.79 Å². The van der Waals surface area contributed by atoms with Gasteiger partial charge in [-0.2, -0.15) is 0 Å². The van der Waals surface area contributed by atoms with E-state index in [1.165, 1.54) is 6.92 Å². The average Bonchev–Trinajstić information content (AvgIpc) is 2.31. The summed E-state index contributed by atoms with van der Waals surface area (Å²) < 4.78 is 5.03. The van der Waals surface area contributed by atoms with Crippen LogP contribution in [0.25, 0.3) is 0 Å². The molecule has 3 atom stereocenters. The summed E-state index contributed by atoms with van der Waals surface area (Å²) in [5.41, 5.74) is -0.666. The predicted octanol–water partition coefficient (Wildman–Crippen LogP) is 1.52. The Morgan fingerprint density at radius 3 is 2.05 bits per heavy atom. The maximum Gasteiger partial charge on any atom is 0.408 e. The molecule has 0 aromatic heterocycles. The van der Waals surface area contributed by atoms with Gasteiger partial charge in [-0.1, -0.05) is 20.3 Å². The highest BCUT2D eigenvalue weighted by Gasteiger charge is 2.28. The molecule has 21 heavy (non-hydrogen) atoms. The number of aliphatic carboxylic acids is 1. The Hall–Kier alpha value is -1.79. The number of ether oxygens (including phenoxy) is 1. The fraction of sp³-hybridized carbons (Fsp3) is 0.786. The van der Waals surface area contributed by atoms with Gasteiger partial charge in [0.05, 0.1) is 0 Å². The second-order valence-corrected chi connectivity index (χ2v) is 6.08. The third-order valence-electron chi connectivity index (χ3n) is 2.90. The normalized spacial score (nSPS) is 15.5. The van der Waals surface area contributed by atoms with Gasteiger partial charge in [-0.05, 0) is 33.6 Å². The minimum Gasteiger partial charge on any atom is -0.480 e. The maximum absolute atomic E-state index is 11.9. The van der Waals surface area contributed by atoms with E-state index in [0.29, 0.717) is 6.42 Å². The highest BCUT2D eigenvalue weighted by atomic mass is 16.6. The molecule has 7 heteroatoms. The van der Waals surface area contributed by atoms with Gasteiger partial charge >= 0.3 is 12.1 Å². The molecule has 122 valence electrons. The van der Waals surface area contributed by atoms with Gasteiger partial charge in [-0.25, -0.2) is 9.59 Å². The summed E-state index contributed by atoms with van der Waals surface area (Å²) in [4.78, 5) is 34.6. The van der Waals surface area contributed by atoms with Crippen LogP contribution in [0.2, 0.25) is 0 Å². The number of hydrogen-bond acceptors (Lipinski definition) is 4. The number of carboxylic acids is 1. The SMILES string of the molecule is CC[C@H](C)[C@H](NC(=O)[C@H](C)NC(=O)OC(C)(C)C)C(=O)O. The molecule has 0 rings (SSSR count). The number of alkyl carbamates (subject to hydrolysis) is 1. The molecule has 0 aliphatic rings. The minimum atomic E-state index is -1.10. The van der Waals surface area contributed by atoms with E-state index in [1.807, 2.05) is 6.92 Å². The second-order valence-electron chi connectivity index (χ2n) is 6.08. The molecule has 3 N–H and O–H groups in total. The fourth-order valence-corrected chi connectivity index (χ4v) is 1.51. The van der Waals surface area contributed by atoms with Crippen LogP contribution in [-0.4, -0.2) is 40.8 Å². The highest BCUT2D eigenvalue weighted by Crippen LogP contribution is 2.09. The average molecular weight is 302 g/mol. The van der Waals surface area contributed by atoms with E-state index >= 15 is 0 Å². The Morgan fingerprint density at radius 2 is 1.67 bits per heavy atom. The van der Waals surface area contributed by atoms with Crippen LogP contribution < -0.4 is 10.6 Å². The molecule has 0 unspecified atom stereocenters. The van der Waals surface area contributed by atoms with Crippen molar-refractivity contribution in [2.24, 2.45) is 5.92 Å². The first-order valence-corrected chi connectivity index (χ1v) is 7.00. The molecule has 0 heterocycles. The van der Waals surface area contributed by atoms with Crippen LogP contribution in [0.5, 0.6) is 0 Å². The number of hydrogen-bond donors (Lipinski definition) is 3. The van der Waals surface area contributed by atoms with Gasteiger partial charge in [0.2, 0.25) is 5.91 Å². The van der Waals surface area contributed by atoms with E-state index in [9.17, 15) is 14.4 Å². The van der Waals surface area contributed by atoms with Crippen molar-refractivity contribution >= 4 is 18.0 Å². The Morgan fingerprint density at radius 1 is 1.14 bits per heavy atom. The van der Waals surface area contributed by atoms with Gasteiger partial charge in [0.15, 0.2) is 0 Å². The number of carbonyl (C=O) groups is 3. The van der Waals surface area contributed by atoms with Crippen molar-refractivity contribution in [2.45, 2.75) is 65.6 Å². The summed E-state index contributed by atoms with van der Waals surface area (Å²) in [6.45, 7) is 10.2. The Labute approximate surface area is 125 Å². The van der Waals surface area contributed by atoms with Gasteiger partial charge in [0.1, 0.15) is 17.7 Å². The lowest BCUT2D eigenvalue weighted by Gasteiger charge is -2.24. The molecule has 0 fully saturated rings. The van der Waals surface area contributed by atoms with E-state index in [-0.39, 0.29) is 5.92 Å². The lowest BCUT2D eigenvalue weighted by molar-refractivity contribution is -0.143. The zero-order chi connectivity index (χ0) is 16.8. The van der Waals surface area contributed by atoms with Crippen LogP contribution >= 0.6 is 0 Å². The minimum absolute atomic E-state index is 0.208. The monoisotopic (exact) mass is 302 g/mol. The zero-order valence-corrected chi connectivity index (χ0v) is 13.5. The summed E-state index contributed by atoms with van der Waals surface area (Å²) in [6, 6.07) is -1.86. The number of rotatable bonds is 6. The summed E-state index contributed by atoms with van der Waals surface area (Å²) >= 11 is 0. The van der Waals surface area contributed by atoms with Crippen molar-refractivity contribution < 1.29 is 24.2 Å². The van der Waals surface area contributed by atoms with E-state index in [4.69, 9.17) is 9.84 Å². The Kier molecular flexibility index (Phi) is 7.18. The summed E-state index contributed by atoms with van der Waals surface area (Å²) in [5.74, 6) is -1.86. The number of carboxylic acid groups (broad SMARTS) is 1. The molecule has 0 bridgehead atoms. The van der Waals surface area contributed by atoms with Gasteiger partial charge < -0.3 is 20.5 Å². The van der Waals surface area contributed by atoms with Gasteiger partial charge in [-0.3, -0.25) is 4.79 Å². The molecule has 0 aliphatic carbocycles. The first-order chi connectivity index (χ1) is 9.47. The molecule has 0 saturated carbocycles. The van der Waals surface area contributed by atoms with E-state index in [1.54, 1.807) is 27.7 Å². The molecular formula is C14H26N2O5. The Balaban J connectivity index is 4.57. The molecular weight excluding hydrogens is 276 g/mol. The van der Waals surface area contributed by atoms with Gasteiger partial charge in [-0.15, -0.1) is 0 Å². The third kappa shape index (κ3) is 7.53. The predicted molar refractivity (Wildman–Crippen MR) is 77.9 cm³/mol. The second kappa shape index (κ2) is 7.85. The lowest BCUT2D eigenvalue weighted by Crippen LogP contribution is -2.52. The molecule has 0 aromatic rings. The molecule has 0 spiro atoms. The molecule has 0 aromatic carbocycles. The summed E-state index contributed by atoms with van der Waals surface area (Å²) in [6.07, 6.45) is -0.106. The van der Waals surface area contributed by atoms with Crippen molar-refractivity contribution in [1.82, 2.24) is 10.6 Å². The summed E-state index contributed by atoms with van der Waals surface area (Å²) in [5, 5.41) is 13.9. The third-order valence-corrected chi connectivity index (χ3v) is 2.90. The molecule has 7 nitrogen and oxygen atoms in total. The number of amides is 2. The zero-order valence-electron chi connectivity index (χ0n) is 13.5. The lowest BCUT2D eigenvalue weighted by atomic mass is 9.99. The van der Waals surface area contributed by atoms with E-state index in [2.05, 4.69) is 10.6 Å². The first kappa shape index (κ1) is 19.2. The van der Waals surface area contributed by atoms with E-state index < -0.39 is 35.7 Å². The Bertz CT molecular complexity index is 389. The summed E-state index contributed by atoms with van der Waals surface area (Å²) in [7, 11) is 0. The van der Waals surface area contributed by atoms with Gasteiger partial charge in [0, 0.05) is 0 Å². The van der Waals surface area contributed by atoms with Crippen molar-refractivity contribution in [3.05, 3.63) is 0 Å². The standard InChI is InChI=1S/C14H26N2O5/c1-7-8(2)10(12(18)19)16-11(17)9(3)15-13(20)21-14(4,5)6/h8-10H,7H2,1-6H3,(H,15,20)(H,16,17)(H,18,19)/t8-,9-,10-/m0/s1. The molecule has 0 saturated heterocycles. The van der Waals surface area contributed by atoms with Crippen molar-refractivity contribution in [3.63, 3.8) is 0 Å². The van der Waals surface area contributed by atoms with Gasteiger partial charge in [0.25, 0.3) is 0 Å². The number of nitrogens with one attached hydrogen (secondary N) is 2. The molecule has 0 aliphatic heterocycles. The molecule has 2 amide bonds. The van der Waals surface area contributed by atoms with E-state index in [0.717, 1.165) is 0 Å². The van der Waals surface area contributed by atoms with Crippen LogP contribution in [0.15, 0.2) is 0 Å². The van der Waals surface area contributed by atoms with Crippen molar-refractivity contribution in [1.29, 1.82) is 0 Å². The largest absolute Gasteiger partial charge is 0.480 e. The molecule has 0 radical (unpaired) electrons. The van der Waals surface area contributed by atoms with Crippen LogP contribution in [0, 0.1) is 5.92 Å². The topological polar surface area (TPSA) is 105 Å². The van der Waals surface area contributed by atoms with Crippen LogP contribution in [0.1, 0.15) is 48.0 Å². The van der Waals surface area contributed by atoms with Crippen LogP contribution in [-0.2, 0) is 14.3 Å². The fourth-order valence-electron chi connectivity index (χ4n) is 1.51. The maximum atomic E-state index is 11.9. The smallest absolute Gasteiger partial charge is 0.408 e. The van der Waals surface area contributed by atoms with Crippen molar-refractivity contribution in [3.8, 4) is 0 Å². The van der Waals surface area contributed by atoms with Crippen LogP contribution in [0.3, 0.4) is 0 Å². The van der Waals surface area contributed by atoms with Crippen molar-refractivity contribution in [2.75, 3.05) is 0 Å². The number of carbonyl (C=O) groups excluding carboxylic acids is 2. The highest BCUT2D eigenvalue weighted by molar-refractivity contribution is 5.89.